The van der Waals surface area contributed by atoms with E-state index >= 15 is 0 Å². The highest BCUT2D eigenvalue weighted by atomic mass is 127. The van der Waals surface area contributed by atoms with E-state index < -0.39 is 23.6 Å². The van der Waals surface area contributed by atoms with Crippen molar-refractivity contribution in [3.05, 3.63) is 29.8 Å². The number of guanidine groups is 1. The molecule has 0 aromatic heterocycles. The predicted molar refractivity (Wildman–Crippen MR) is 115 cm³/mol. The van der Waals surface area contributed by atoms with Gasteiger partial charge in [-0.15, -0.1) is 37.1 Å². The van der Waals surface area contributed by atoms with Gasteiger partial charge in [0.05, 0.1) is 12.1 Å². The van der Waals surface area contributed by atoms with Crippen molar-refractivity contribution < 1.29 is 27.4 Å². The molecule has 0 spiro atoms. The molecular formula is C18H28F3IN4O3. The topological polar surface area (TPSA) is 98.0 Å². The van der Waals surface area contributed by atoms with Gasteiger partial charge in [0, 0.05) is 6.54 Å². The fraction of sp³-hybridized carbons (Fsp3) is 0.556. The Morgan fingerprint density at radius 2 is 1.66 bits per heavy atom. The zero-order chi connectivity index (χ0) is 21.6. The number of alkyl carbamates (subject to hydrolysis) is 1. The quantitative estimate of drug-likeness (QED) is 0.293. The van der Waals surface area contributed by atoms with Crippen molar-refractivity contribution in [2.75, 3.05) is 6.54 Å². The standard InChI is InChI=1S/C18H27F3N4O3.HI/c1-16(2,3)28-15(26)25-17(4,5)11-24-14(22)23-10-12-6-8-13(9-7-12)27-18(19,20)21;/h6-9H,10-11H2,1-5H3,(H,25,26)(H3,22,23,24);1H. The lowest BCUT2D eigenvalue weighted by atomic mass is 10.1. The molecule has 0 atom stereocenters. The number of nitrogens with two attached hydrogens (primary N) is 1. The fourth-order valence-electron chi connectivity index (χ4n) is 1.96. The Morgan fingerprint density at radius 1 is 1.10 bits per heavy atom. The predicted octanol–water partition coefficient (Wildman–Crippen LogP) is 3.91. The first-order valence-electron chi connectivity index (χ1n) is 8.55. The fourth-order valence-corrected chi connectivity index (χ4v) is 1.96. The SMILES string of the molecule is CC(C)(CNC(N)=NCc1ccc(OC(F)(F)F)cc1)NC(=O)OC(C)(C)C.I. The molecule has 0 bridgehead atoms. The van der Waals surface area contributed by atoms with Gasteiger partial charge in [-0.1, -0.05) is 12.1 Å². The molecule has 0 saturated heterocycles. The number of alkyl halides is 3. The van der Waals surface area contributed by atoms with Crippen LogP contribution in [0.4, 0.5) is 18.0 Å². The van der Waals surface area contributed by atoms with Crippen LogP contribution in [0.15, 0.2) is 29.3 Å². The summed E-state index contributed by atoms with van der Waals surface area (Å²) in [6.45, 7) is 9.34. The lowest BCUT2D eigenvalue weighted by molar-refractivity contribution is -0.274. The third-order valence-electron chi connectivity index (χ3n) is 3.14. The summed E-state index contributed by atoms with van der Waals surface area (Å²) in [6.07, 6.45) is -5.27. The van der Waals surface area contributed by atoms with Crippen molar-refractivity contribution in [1.29, 1.82) is 0 Å². The number of carbonyl (C=O) groups excluding carboxylic acids is 1. The maximum absolute atomic E-state index is 12.1. The van der Waals surface area contributed by atoms with Crippen LogP contribution in [0.25, 0.3) is 0 Å². The van der Waals surface area contributed by atoms with Gasteiger partial charge in [-0.2, -0.15) is 0 Å². The Labute approximate surface area is 185 Å². The van der Waals surface area contributed by atoms with Gasteiger partial charge in [-0.3, -0.25) is 0 Å². The van der Waals surface area contributed by atoms with Crippen LogP contribution in [0, 0.1) is 0 Å². The summed E-state index contributed by atoms with van der Waals surface area (Å²) in [5, 5.41) is 5.61. The number of amides is 1. The van der Waals surface area contributed by atoms with Crippen LogP contribution in [0.2, 0.25) is 0 Å². The first kappa shape index (κ1) is 27.1. The maximum Gasteiger partial charge on any atom is 0.573 e. The number of hydrogen-bond acceptors (Lipinski definition) is 4. The molecule has 0 aliphatic heterocycles. The van der Waals surface area contributed by atoms with E-state index in [0.29, 0.717) is 12.1 Å². The average Bonchev–Trinajstić information content (AvgIpc) is 2.48. The first-order chi connectivity index (χ1) is 12.7. The van der Waals surface area contributed by atoms with E-state index in [9.17, 15) is 18.0 Å². The lowest BCUT2D eigenvalue weighted by Crippen LogP contribution is -2.53. The molecule has 0 fully saturated rings. The third kappa shape index (κ3) is 13.0. The first-order valence-corrected chi connectivity index (χ1v) is 8.55. The number of nitrogens with one attached hydrogen (secondary N) is 2. The number of ether oxygens (including phenoxy) is 2. The number of rotatable bonds is 6. The molecular weight excluding hydrogens is 504 g/mol. The maximum atomic E-state index is 12.1. The molecule has 1 amide bonds. The van der Waals surface area contributed by atoms with E-state index in [1.54, 1.807) is 34.6 Å². The zero-order valence-corrected chi connectivity index (χ0v) is 19.3. The highest BCUT2D eigenvalue weighted by Gasteiger charge is 2.31. The van der Waals surface area contributed by atoms with Crippen molar-refractivity contribution in [2.45, 2.75) is 58.7 Å². The Kier molecular flexibility index (Phi) is 10.0. The van der Waals surface area contributed by atoms with E-state index in [2.05, 4.69) is 20.4 Å². The summed E-state index contributed by atoms with van der Waals surface area (Å²) in [7, 11) is 0. The Bertz CT molecular complexity index is 687. The Morgan fingerprint density at radius 3 is 2.14 bits per heavy atom. The van der Waals surface area contributed by atoms with Crippen LogP contribution in [0.3, 0.4) is 0 Å². The number of benzene rings is 1. The number of hydrogen-bond donors (Lipinski definition) is 3. The molecule has 0 heterocycles. The van der Waals surface area contributed by atoms with Gasteiger partial charge in [-0.25, -0.2) is 9.79 Å². The number of halogens is 4. The minimum atomic E-state index is -4.73. The molecule has 7 nitrogen and oxygen atoms in total. The normalized spacial score (nSPS) is 12.6. The number of aliphatic imine (C=N–C) groups is 1. The smallest absolute Gasteiger partial charge is 0.444 e. The van der Waals surface area contributed by atoms with Crippen molar-refractivity contribution in [2.24, 2.45) is 10.7 Å². The van der Waals surface area contributed by atoms with Crippen LogP contribution in [-0.2, 0) is 11.3 Å². The molecule has 1 aromatic carbocycles. The molecule has 4 N–H and O–H groups in total. The molecule has 0 unspecified atom stereocenters. The van der Waals surface area contributed by atoms with Gasteiger partial charge in [0.25, 0.3) is 0 Å². The zero-order valence-electron chi connectivity index (χ0n) is 17.0. The molecule has 11 heteroatoms. The molecule has 29 heavy (non-hydrogen) atoms. The van der Waals surface area contributed by atoms with Crippen LogP contribution >= 0.6 is 24.0 Å². The van der Waals surface area contributed by atoms with E-state index in [1.165, 1.54) is 24.3 Å². The monoisotopic (exact) mass is 532 g/mol. The summed E-state index contributed by atoms with van der Waals surface area (Å²) in [5.74, 6) is -0.170. The molecule has 1 rings (SSSR count). The van der Waals surface area contributed by atoms with Crippen molar-refractivity contribution >= 4 is 36.0 Å². The minimum Gasteiger partial charge on any atom is -0.444 e. The summed E-state index contributed by atoms with van der Waals surface area (Å²) >= 11 is 0. The average molecular weight is 532 g/mol. The van der Waals surface area contributed by atoms with Gasteiger partial charge in [0.15, 0.2) is 5.96 Å². The molecule has 0 aliphatic carbocycles. The minimum absolute atomic E-state index is 0. The van der Waals surface area contributed by atoms with Crippen LogP contribution in [-0.4, -0.2) is 36.1 Å². The highest BCUT2D eigenvalue weighted by molar-refractivity contribution is 14.0. The van der Waals surface area contributed by atoms with Gasteiger partial charge in [0.1, 0.15) is 11.4 Å². The second kappa shape index (κ2) is 10.7. The van der Waals surface area contributed by atoms with Gasteiger partial charge < -0.3 is 25.8 Å². The second-order valence-electron chi connectivity index (χ2n) is 7.76. The molecule has 166 valence electrons. The largest absolute Gasteiger partial charge is 0.573 e. The molecule has 0 saturated carbocycles. The summed E-state index contributed by atoms with van der Waals surface area (Å²) in [5.41, 5.74) is 5.20. The molecule has 0 radical (unpaired) electrons. The van der Waals surface area contributed by atoms with Gasteiger partial charge >= 0.3 is 12.5 Å². The van der Waals surface area contributed by atoms with Crippen LogP contribution < -0.4 is 21.1 Å². The van der Waals surface area contributed by atoms with Crippen molar-refractivity contribution in [3.8, 4) is 5.75 Å². The van der Waals surface area contributed by atoms with E-state index in [-0.39, 0.29) is 42.2 Å². The van der Waals surface area contributed by atoms with Gasteiger partial charge in [-0.05, 0) is 52.3 Å². The number of nitrogens with zero attached hydrogens (tertiary/aromatic N) is 1. The van der Waals surface area contributed by atoms with Crippen molar-refractivity contribution in [3.63, 3.8) is 0 Å². The number of carbonyl (C=O) groups is 1. The third-order valence-corrected chi connectivity index (χ3v) is 3.14. The van der Waals surface area contributed by atoms with Crippen LogP contribution in [0.1, 0.15) is 40.2 Å². The van der Waals surface area contributed by atoms with Crippen LogP contribution in [0.5, 0.6) is 5.75 Å². The van der Waals surface area contributed by atoms with E-state index in [0.717, 1.165) is 0 Å². The summed E-state index contributed by atoms with van der Waals surface area (Å²) in [6, 6.07) is 5.34. The van der Waals surface area contributed by atoms with E-state index in [1.807, 2.05) is 0 Å². The molecule has 0 aliphatic rings. The lowest BCUT2D eigenvalue weighted by Gasteiger charge is -2.29. The Hall–Kier alpha value is -1.92. The Balaban J connectivity index is 0.00000784. The highest BCUT2D eigenvalue weighted by Crippen LogP contribution is 2.22. The van der Waals surface area contributed by atoms with E-state index in [4.69, 9.17) is 10.5 Å². The molecule has 1 aromatic rings. The van der Waals surface area contributed by atoms with Gasteiger partial charge in [0.2, 0.25) is 0 Å². The van der Waals surface area contributed by atoms with Crippen molar-refractivity contribution in [1.82, 2.24) is 10.6 Å². The summed E-state index contributed by atoms with van der Waals surface area (Å²) in [4.78, 5) is 16.0. The summed E-state index contributed by atoms with van der Waals surface area (Å²) < 4.78 is 45.4. The second-order valence-corrected chi connectivity index (χ2v) is 7.76.